The molecular formula is C27H35N3O5. The number of primary amides is 1. The first kappa shape index (κ1) is 26.4. The van der Waals surface area contributed by atoms with Crippen molar-refractivity contribution in [2.24, 2.45) is 16.6 Å². The number of rotatable bonds is 10. The number of aryl methyl sites for hydroxylation is 1. The average Bonchev–Trinajstić information content (AvgIpc) is 3.21. The van der Waals surface area contributed by atoms with E-state index in [0.717, 1.165) is 30.3 Å². The predicted octanol–water partition coefficient (Wildman–Crippen LogP) is 3.54. The topological polar surface area (TPSA) is 134 Å². The third kappa shape index (κ3) is 8.49. The maximum absolute atomic E-state index is 10.8. The third-order valence-electron chi connectivity index (χ3n) is 6.27. The van der Waals surface area contributed by atoms with E-state index in [-0.39, 0.29) is 12.1 Å². The van der Waals surface area contributed by atoms with E-state index in [1.165, 1.54) is 38.8 Å². The molecule has 2 aliphatic rings. The minimum Gasteiger partial charge on any atom is -0.494 e. The van der Waals surface area contributed by atoms with Gasteiger partial charge in [-0.15, -0.1) is 0 Å². The summed E-state index contributed by atoms with van der Waals surface area (Å²) in [6.07, 6.45) is 6.08. The lowest BCUT2D eigenvalue weighted by Crippen LogP contribution is -2.27. The fourth-order valence-electron chi connectivity index (χ4n) is 4.25. The minimum absolute atomic E-state index is 0.0150. The van der Waals surface area contributed by atoms with Crippen LogP contribution in [0.4, 0.5) is 5.69 Å². The highest BCUT2D eigenvalue weighted by atomic mass is 16.5. The Morgan fingerprint density at radius 1 is 1.06 bits per heavy atom. The third-order valence-corrected chi connectivity index (χ3v) is 6.27. The van der Waals surface area contributed by atoms with Crippen molar-refractivity contribution in [1.29, 1.82) is 0 Å². The number of carbonyl (C=O) groups excluding carboxylic acids is 1. The molecule has 2 aromatic carbocycles. The Morgan fingerprint density at radius 3 is 2.43 bits per heavy atom. The fraction of sp³-hybridized carbons (Fsp3) is 0.444. The average molecular weight is 482 g/mol. The van der Waals surface area contributed by atoms with E-state index in [0.29, 0.717) is 17.7 Å². The summed E-state index contributed by atoms with van der Waals surface area (Å²) in [6, 6.07) is 14.8. The number of aliphatic hydroxyl groups excluding tert-OH is 1. The lowest BCUT2D eigenvalue weighted by atomic mass is 9.93. The zero-order valence-electron chi connectivity index (χ0n) is 20.0. The molecule has 2 aliphatic heterocycles. The molecule has 0 saturated carbocycles. The molecule has 1 fully saturated rings. The molecule has 0 spiro atoms. The van der Waals surface area contributed by atoms with Gasteiger partial charge in [-0.3, -0.25) is 9.59 Å². The van der Waals surface area contributed by atoms with Crippen LogP contribution >= 0.6 is 0 Å². The van der Waals surface area contributed by atoms with Crippen molar-refractivity contribution < 1.29 is 24.5 Å². The van der Waals surface area contributed by atoms with E-state index in [1.807, 2.05) is 24.3 Å². The monoisotopic (exact) mass is 481 g/mol. The van der Waals surface area contributed by atoms with Gasteiger partial charge in [0.2, 0.25) is 0 Å². The second kappa shape index (κ2) is 13.6. The number of fused-ring (bicyclic) bond motifs is 1. The van der Waals surface area contributed by atoms with E-state index in [2.05, 4.69) is 10.3 Å². The van der Waals surface area contributed by atoms with Crippen LogP contribution in [-0.4, -0.2) is 47.5 Å². The summed E-state index contributed by atoms with van der Waals surface area (Å²) >= 11 is 0. The number of amides is 1. The van der Waals surface area contributed by atoms with Gasteiger partial charge in [-0.1, -0.05) is 36.8 Å². The fourth-order valence-corrected chi connectivity index (χ4v) is 4.25. The molecule has 1 amide bonds. The number of nitrogens with zero attached hydrogens (tertiary/aromatic N) is 1. The van der Waals surface area contributed by atoms with Gasteiger partial charge >= 0.3 is 5.97 Å². The van der Waals surface area contributed by atoms with Crippen LogP contribution in [0.3, 0.4) is 0 Å². The molecule has 2 aromatic rings. The van der Waals surface area contributed by atoms with Crippen LogP contribution < -0.4 is 15.8 Å². The molecular weight excluding hydrogens is 446 g/mol. The summed E-state index contributed by atoms with van der Waals surface area (Å²) in [4.78, 5) is 25.3. The molecule has 0 aromatic heterocycles. The van der Waals surface area contributed by atoms with Crippen molar-refractivity contribution in [3.8, 4) is 5.75 Å². The molecule has 5 N–H and O–H groups in total. The van der Waals surface area contributed by atoms with Crippen molar-refractivity contribution in [3.63, 3.8) is 0 Å². The maximum Gasteiger partial charge on any atom is 0.303 e. The molecule has 2 heterocycles. The molecule has 0 bridgehead atoms. The number of piperidine rings is 1. The van der Waals surface area contributed by atoms with Crippen LogP contribution in [0.1, 0.15) is 55.8 Å². The van der Waals surface area contributed by atoms with E-state index in [1.54, 1.807) is 24.3 Å². The molecule has 1 saturated heterocycles. The number of aliphatic hydroxyl groups is 1. The molecule has 8 heteroatoms. The summed E-state index contributed by atoms with van der Waals surface area (Å²) in [5, 5.41) is 21.6. The van der Waals surface area contributed by atoms with Crippen molar-refractivity contribution in [2.75, 3.05) is 19.7 Å². The number of hydrogen-bond acceptors (Lipinski definition) is 6. The van der Waals surface area contributed by atoms with Gasteiger partial charge in [0.05, 0.1) is 12.3 Å². The number of aliphatic carboxylic acids is 1. The first-order chi connectivity index (χ1) is 16.9. The van der Waals surface area contributed by atoms with E-state index in [4.69, 9.17) is 15.6 Å². The number of nitrogens with two attached hydrogens (primary N) is 1. The standard InChI is InChI=1S/C18H27NO3.C9H8N2O2/c20-18(21)9-6-16-4-7-17(8-5-16)22-14-2-1-3-15-10-12-19-13-11-15;10-9(13)7-8(12)5-3-1-2-4-6(5)11-7/h4-5,7-8,15,19H,1-3,6,9-14H2,(H,20,21);1-4,8,12H,(H2,10,13). The van der Waals surface area contributed by atoms with Gasteiger partial charge in [0, 0.05) is 12.0 Å². The van der Waals surface area contributed by atoms with Crippen LogP contribution in [0.5, 0.6) is 5.75 Å². The summed E-state index contributed by atoms with van der Waals surface area (Å²) in [5.41, 5.74) is 7.35. The first-order valence-electron chi connectivity index (χ1n) is 12.2. The molecule has 1 atom stereocenters. The highest BCUT2D eigenvalue weighted by Gasteiger charge is 2.28. The van der Waals surface area contributed by atoms with E-state index in [9.17, 15) is 14.7 Å². The van der Waals surface area contributed by atoms with E-state index < -0.39 is 18.0 Å². The molecule has 0 radical (unpaired) electrons. The number of carboxylic acids is 1. The summed E-state index contributed by atoms with van der Waals surface area (Å²) < 4.78 is 5.75. The lowest BCUT2D eigenvalue weighted by molar-refractivity contribution is -0.137. The highest BCUT2D eigenvalue weighted by Crippen LogP contribution is 2.33. The number of hydrogen-bond donors (Lipinski definition) is 4. The predicted molar refractivity (Wildman–Crippen MR) is 135 cm³/mol. The number of carboxylic acid groups (broad SMARTS) is 1. The number of para-hydroxylation sites is 1. The molecule has 35 heavy (non-hydrogen) atoms. The smallest absolute Gasteiger partial charge is 0.303 e. The van der Waals surface area contributed by atoms with Gasteiger partial charge < -0.3 is 26.0 Å². The van der Waals surface area contributed by atoms with Crippen LogP contribution in [0, 0.1) is 5.92 Å². The van der Waals surface area contributed by atoms with Crippen LogP contribution in [0.2, 0.25) is 0 Å². The van der Waals surface area contributed by atoms with Crippen LogP contribution in [-0.2, 0) is 16.0 Å². The van der Waals surface area contributed by atoms with Gasteiger partial charge in [0.1, 0.15) is 17.6 Å². The second-order valence-corrected chi connectivity index (χ2v) is 8.90. The zero-order valence-corrected chi connectivity index (χ0v) is 20.0. The Hall–Kier alpha value is -3.23. The quantitative estimate of drug-likeness (QED) is 0.384. The van der Waals surface area contributed by atoms with E-state index >= 15 is 0 Å². The van der Waals surface area contributed by atoms with Gasteiger partial charge in [-0.05, 0) is 74.9 Å². The minimum atomic E-state index is -0.964. The summed E-state index contributed by atoms with van der Waals surface area (Å²) in [7, 11) is 0. The Kier molecular flexibility index (Phi) is 10.3. The number of benzene rings is 2. The molecule has 0 aliphatic carbocycles. The Bertz CT molecular complexity index is 1000. The van der Waals surface area contributed by atoms with Gasteiger partial charge in [-0.2, -0.15) is 0 Å². The number of carbonyl (C=O) groups is 2. The normalized spacial score (nSPS) is 17.1. The molecule has 8 nitrogen and oxygen atoms in total. The largest absolute Gasteiger partial charge is 0.494 e. The maximum atomic E-state index is 10.8. The van der Waals surface area contributed by atoms with Crippen LogP contribution in [0.25, 0.3) is 0 Å². The molecule has 4 rings (SSSR count). The van der Waals surface area contributed by atoms with Gasteiger partial charge in [-0.25, -0.2) is 4.99 Å². The lowest BCUT2D eigenvalue weighted by Gasteiger charge is -2.22. The van der Waals surface area contributed by atoms with Crippen molar-refractivity contribution in [1.82, 2.24) is 5.32 Å². The number of unbranched alkanes of at least 4 members (excludes halogenated alkanes) is 1. The molecule has 188 valence electrons. The molecule has 1 unspecified atom stereocenters. The first-order valence-corrected chi connectivity index (χ1v) is 12.2. The number of aliphatic imine (C=N–C) groups is 1. The van der Waals surface area contributed by atoms with Crippen molar-refractivity contribution in [2.45, 2.75) is 51.0 Å². The zero-order chi connectivity index (χ0) is 25.0. The SMILES string of the molecule is NC(=O)C1=Nc2ccccc2C1O.O=C(O)CCc1ccc(OCCCCC2CCNCC2)cc1. The van der Waals surface area contributed by atoms with Crippen LogP contribution in [0.15, 0.2) is 53.5 Å². The highest BCUT2D eigenvalue weighted by molar-refractivity contribution is 6.41. The summed E-state index contributed by atoms with van der Waals surface area (Å²) in [6.45, 7) is 3.12. The van der Waals surface area contributed by atoms with Crippen molar-refractivity contribution in [3.05, 3.63) is 59.7 Å². The number of nitrogens with one attached hydrogen (secondary N) is 1. The Balaban J connectivity index is 0.000000223. The Labute approximate surface area is 206 Å². The summed E-state index contributed by atoms with van der Waals surface area (Å²) in [5.74, 6) is 0.341. The Morgan fingerprint density at radius 2 is 1.77 bits per heavy atom. The number of ether oxygens (including phenoxy) is 1. The van der Waals surface area contributed by atoms with Gasteiger partial charge in [0.25, 0.3) is 5.91 Å². The van der Waals surface area contributed by atoms with Gasteiger partial charge in [0.15, 0.2) is 0 Å². The second-order valence-electron chi connectivity index (χ2n) is 8.90. The van der Waals surface area contributed by atoms with Crippen molar-refractivity contribution >= 4 is 23.3 Å².